The van der Waals surface area contributed by atoms with Crippen LogP contribution in [-0.4, -0.2) is 24.5 Å². The van der Waals surface area contributed by atoms with Crippen molar-refractivity contribution < 1.29 is 14.3 Å². The van der Waals surface area contributed by atoms with Crippen LogP contribution in [-0.2, 0) is 9.53 Å². The average Bonchev–Trinajstić information content (AvgIpc) is 3.08. The summed E-state index contributed by atoms with van der Waals surface area (Å²) in [6, 6.07) is 4.58. The van der Waals surface area contributed by atoms with Crippen molar-refractivity contribution in [3.63, 3.8) is 0 Å². The first-order valence-corrected chi connectivity index (χ1v) is 5.82. The zero-order chi connectivity index (χ0) is 13.3. The Bertz CT molecular complexity index is 512. The SMILES string of the molecule is COC(=O)c1ccc(NC(=O)C2(N)CC2)cc1Cl. The number of nitrogens with two attached hydrogens (primary N) is 1. The largest absolute Gasteiger partial charge is 0.465 e. The molecule has 96 valence electrons. The molecule has 1 saturated carbocycles. The molecule has 0 radical (unpaired) electrons. The lowest BCUT2D eigenvalue weighted by molar-refractivity contribution is -0.118. The van der Waals surface area contributed by atoms with Crippen molar-refractivity contribution in [2.24, 2.45) is 5.73 Å². The van der Waals surface area contributed by atoms with Crippen molar-refractivity contribution in [3.8, 4) is 0 Å². The molecule has 1 aliphatic carbocycles. The van der Waals surface area contributed by atoms with Crippen molar-refractivity contribution in [1.29, 1.82) is 0 Å². The summed E-state index contributed by atoms with van der Waals surface area (Å²) in [7, 11) is 1.28. The van der Waals surface area contributed by atoms with E-state index in [-0.39, 0.29) is 16.5 Å². The van der Waals surface area contributed by atoms with Crippen LogP contribution < -0.4 is 11.1 Å². The Hall–Kier alpha value is -1.59. The van der Waals surface area contributed by atoms with Crippen molar-refractivity contribution >= 4 is 29.2 Å². The number of hydrogen-bond donors (Lipinski definition) is 2. The highest BCUT2D eigenvalue weighted by Gasteiger charge is 2.45. The normalized spacial score (nSPS) is 15.9. The highest BCUT2D eigenvalue weighted by molar-refractivity contribution is 6.34. The molecule has 0 aromatic heterocycles. The number of carbonyl (C=O) groups excluding carboxylic acids is 2. The van der Waals surface area contributed by atoms with Gasteiger partial charge in [0.25, 0.3) is 0 Å². The van der Waals surface area contributed by atoms with Gasteiger partial charge in [-0.1, -0.05) is 11.6 Å². The molecule has 1 aromatic rings. The van der Waals surface area contributed by atoms with E-state index in [1.165, 1.54) is 19.2 Å². The molecule has 0 bridgehead atoms. The predicted octanol–water partition coefficient (Wildman–Crippen LogP) is 1.56. The number of esters is 1. The first-order valence-electron chi connectivity index (χ1n) is 5.44. The fraction of sp³-hybridized carbons (Fsp3) is 0.333. The lowest BCUT2D eigenvalue weighted by Gasteiger charge is -2.11. The standard InChI is InChI=1S/C12H13ClN2O3/c1-18-10(16)8-3-2-7(6-9(8)13)15-11(17)12(14)4-5-12/h2-3,6H,4-5,14H2,1H3,(H,15,17). The minimum Gasteiger partial charge on any atom is -0.465 e. The molecule has 0 unspecified atom stereocenters. The van der Waals surface area contributed by atoms with Gasteiger partial charge in [0.1, 0.15) is 0 Å². The van der Waals surface area contributed by atoms with Crippen LogP contribution in [0.3, 0.4) is 0 Å². The van der Waals surface area contributed by atoms with Crippen molar-refractivity contribution in [1.82, 2.24) is 0 Å². The fourth-order valence-electron chi connectivity index (χ4n) is 1.49. The Balaban J connectivity index is 2.14. The summed E-state index contributed by atoms with van der Waals surface area (Å²) in [5.74, 6) is -0.750. The van der Waals surface area contributed by atoms with Gasteiger partial charge in [-0.15, -0.1) is 0 Å². The summed E-state index contributed by atoms with van der Waals surface area (Å²) in [6.45, 7) is 0. The first kappa shape index (κ1) is 12.9. The molecule has 5 nitrogen and oxygen atoms in total. The number of anilines is 1. The number of ether oxygens (including phenoxy) is 1. The van der Waals surface area contributed by atoms with Gasteiger partial charge in [0.15, 0.2) is 0 Å². The van der Waals surface area contributed by atoms with Gasteiger partial charge in [-0.05, 0) is 31.0 Å². The molecule has 1 amide bonds. The van der Waals surface area contributed by atoms with E-state index in [0.29, 0.717) is 18.5 Å². The molecular formula is C12H13ClN2O3. The maximum absolute atomic E-state index is 11.7. The third-order valence-electron chi connectivity index (χ3n) is 2.87. The van der Waals surface area contributed by atoms with Gasteiger partial charge in [0.05, 0.1) is 23.2 Å². The average molecular weight is 269 g/mol. The van der Waals surface area contributed by atoms with Gasteiger partial charge in [-0.3, -0.25) is 4.79 Å². The Morgan fingerprint density at radius 2 is 2.11 bits per heavy atom. The topological polar surface area (TPSA) is 81.4 Å². The zero-order valence-corrected chi connectivity index (χ0v) is 10.6. The molecule has 6 heteroatoms. The quantitative estimate of drug-likeness (QED) is 0.815. The Morgan fingerprint density at radius 1 is 1.44 bits per heavy atom. The van der Waals surface area contributed by atoms with Gasteiger partial charge < -0.3 is 15.8 Å². The summed E-state index contributed by atoms with van der Waals surface area (Å²) >= 11 is 5.93. The van der Waals surface area contributed by atoms with Crippen LogP contribution in [0.5, 0.6) is 0 Å². The Kier molecular flexibility index (Phi) is 3.28. The summed E-state index contributed by atoms with van der Waals surface area (Å²) < 4.78 is 4.57. The van der Waals surface area contributed by atoms with E-state index in [4.69, 9.17) is 17.3 Å². The maximum Gasteiger partial charge on any atom is 0.339 e. The molecule has 1 fully saturated rings. The van der Waals surface area contributed by atoms with E-state index in [9.17, 15) is 9.59 Å². The first-order chi connectivity index (χ1) is 8.46. The summed E-state index contributed by atoms with van der Waals surface area (Å²) in [4.78, 5) is 23.0. The van der Waals surface area contributed by atoms with Crippen LogP contribution in [0.15, 0.2) is 18.2 Å². The third kappa shape index (κ3) is 2.47. The van der Waals surface area contributed by atoms with Crippen molar-refractivity contribution in [3.05, 3.63) is 28.8 Å². The number of amides is 1. The second-order valence-corrected chi connectivity index (χ2v) is 4.70. The summed E-state index contributed by atoms with van der Waals surface area (Å²) in [5, 5.41) is 2.89. The minimum atomic E-state index is -0.743. The van der Waals surface area contributed by atoms with E-state index in [0.717, 1.165) is 0 Å². The van der Waals surface area contributed by atoms with E-state index < -0.39 is 11.5 Å². The number of hydrogen-bond acceptors (Lipinski definition) is 4. The maximum atomic E-state index is 11.7. The van der Waals surface area contributed by atoms with E-state index in [1.807, 2.05) is 0 Å². The molecule has 1 aromatic carbocycles. The third-order valence-corrected chi connectivity index (χ3v) is 3.19. The molecule has 0 atom stereocenters. The van der Waals surface area contributed by atoms with Crippen LogP contribution in [0.1, 0.15) is 23.2 Å². The Morgan fingerprint density at radius 3 is 2.61 bits per heavy atom. The molecule has 0 aliphatic heterocycles. The van der Waals surface area contributed by atoms with E-state index in [1.54, 1.807) is 6.07 Å². The second-order valence-electron chi connectivity index (χ2n) is 4.30. The van der Waals surface area contributed by atoms with Gasteiger partial charge in [-0.2, -0.15) is 0 Å². The monoisotopic (exact) mass is 268 g/mol. The lowest BCUT2D eigenvalue weighted by Crippen LogP contribution is -2.37. The van der Waals surface area contributed by atoms with Crippen LogP contribution in [0.25, 0.3) is 0 Å². The van der Waals surface area contributed by atoms with Gasteiger partial charge in [0.2, 0.25) is 5.91 Å². The fourth-order valence-corrected chi connectivity index (χ4v) is 1.74. The minimum absolute atomic E-state index is 0.224. The Labute approximate surface area is 109 Å². The molecule has 0 saturated heterocycles. The van der Waals surface area contributed by atoms with Gasteiger partial charge in [-0.25, -0.2) is 4.79 Å². The number of nitrogens with one attached hydrogen (secondary N) is 1. The zero-order valence-electron chi connectivity index (χ0n) is 9.83. The molecular weight excluding hydrogens is 256 g/mol. The van der Waals surface area contributed by atoms with E-state index >= 15 is 0 Å². The molecule has 3 N–H and O–H groups in total. The summed E-state index contributed by atoms with van der Waals surface area (Å²) in [6.07, 6.45) is 1.37. The number of benzene rings is 1. The lowest BCUT2D eigenvalue weighted by atomic mass is 10.2. The van der Waals surface area contributed by atoms with Crippen LogP contribution in [0.2, 0.25) is 5.02 Å². The number of rotatable bonds is 3. The predicted molar refractivity (Wildman–Crippen MR) is 67.6 cm³/mol. The van der Waals surface area contributed by atoms with Gasteiger partial charge >= 0.3 is 5.97 Å². The number of methoxy groups -OCH3 is 1. The molecule has 0 spiro atoms. The molecule has 0 heterocycles. The molecule has 1 aliphatic rings. The van der Waals surface area contributed by atoms with Crippen molar-refractivity contribution in [2.45, 2.75) is 18.4 Å². The molecule has 18 heavy (non-hydrogen) atoms. The van der Waals surface area contributed by atoms with Gasteiger partial charge in [0, 0.05) is 5.69 Å². The van der Waals surface area contributed by atoms with Crippen LogP contribution >= 0.6 is 11.6 Å². The molecule has 2 rings (SSSR count). The summed E-state index contributed by atoms with van der Waals surface area (Å²) in [5.41, 5.74) is 5.78. The smallest absolute Gasteiger partial charge is 0.339 e. The van der Waals surface area contributed by atoms with Crippen molar-refractivity contribution in [2.75, 3.05) is 12.4 Å². The van der Waals surface area contributed by atoms with Crippen LogP contribution in [0.4, 0.5) is 5.69 Å². The number of halogens is 1. The highest BCUT2D eigenvalue weighted by atomic mass is 35.5. The second kappa shape index (κ2) is 4.59. The number of carbonyl (C=O) groups is 2. The van der Waals surface area contributed by atoms with Crippen LogP contribution in [0, 0.1) is 0 Å². The highest BCUT2D eigenvalue weighted by Crippen LogP contribution is 2.33. The van der Waals surface area contributed by atoms with E-state index in [2.05, 4.69) is 10.1 Å².